The molecule has 0 saturated heterocycles. The van der Waals surface area contributed by atoms with Gasteiger partial charge in [-0.2, -0.15) is 0 Å². The van der Waals surface area contributed by atoms with E-state index in [0.29, 0.717) is 26.1 Å². The highest BCUT2D eigenvalue weighted by Crippen LogP contribution is 2.30. The van der Waals surface area contributed by atoms with E-state index >= 15 is 0 Å². The first kappa shape index (κ1) is 25.3. The van der Waals surface area contributed by atoms with Gasteiger partial charge in [0.25, 0.3) is 0 Å². The molecule has 2 aromatic heterocycles. The number of carbonyl (C=O) groups is 1. The number of hydrogen-bond acceptors (Lipinski definition) is 4. The summed E-state index contributed by atoms with van der Waals surface area (Å²) >= 11 is 0. The predicted octanol–water partition coefficient (Wildman–Crippen LogP) is 5.75. The molecule has 0 aliphatic heterocycles. The van der Waals surface area contributed by atoms with Crippen LogP contribution in [-0.4, -0.2) is 47.5 Å². The van der Waals surface area contributed by atoms with E-state index in [0.717, 1.165) is 45.6 Å². The number of methoxy groups -OCH3 is 2. The van der Waals surface area contributed by atoms with E-state index < -0.39 is 0 Å². The third-order valence-corrected chi connectivity index (χ3v) is 6.69. The smallest absolute Gasteiger partial charge is 0.325 e. The number of amides is 1. The van der Waals surface area contributed by atoms with Crippen LogP contribution < -0.4 is 10.1 Å². The molecule has 0 fully saturated rings. The summed E-state index contributed by atoms with van der Waals surface area (Å²) in [5.74, 6) is 0.829. The molecule has 0 saturated carbocycles. The zero-order valence-electron chi connectivity index (χ0n) is 21.8. The molecule has 0 aliphatic rings. The number of aromatic nitrogens is 3. The van der Waals surface area contributed by atoms with Crippen LogP contribution in [0.1, 0.15) is 23.4 Å². The Hall–Kier alpha value is -4.36. The van der Waals surface area contributed by atoms with Crippen LogP contribution in [0.5, 0.6) is 5.75 Å². The van der Waals surface area contributed by atoms with Gasteiger partial charge >= 0.3 is 6.03 Å². The van der Waals surface area contributed by atoms with E-state index in [1.807, 2.05) is 43.0 Å². The normalized spacial score (nSPS) is 11.1. The molecule has 194 valence electrons. The maximum Gasteiger partial charge on any atom is 0.325 e. The lowest BCUT2D eigenvalue weighted by Crippen LogP contribution is -2.30. The van der Waals surface area contributed by atoms with E-state index in [-0.39, 0.29) is 6.03 Å². The van der Waals surface area contributed by atoms with Gasteiger partial charge in [0, 0.05) is 62.6 Å². The van der Waals surface area contributed by atoms with Crippen molar-refractivity contribution in [1.82, 2.24) is 19.4 Å². The van der Waals surface area contributed by atoms with Crippen molar-refractivity contribution >= 4 is 16.8 Å². The molecule has 7 nitrogen and oxygen atoms in total. The molecule has 5 aromatic rings. The maximum atomic E-state index is 13.3. The number of hydrogen-bond donors (Lipinski definition) is 1. The third-order valence-electron chi connectivity index (χ3n) is 6.69. The maximum absolute atomic E-state index is 13.3. The van der Waals surface area contributed by atoms with Gasteiger partial charge in [0.1, 0.15) is 5.75 Å². The fourth-order valence-electron chi connectivity index (χ4n) is 4.71. The van der Waals surface area contributed by atoms with Crippen molar-refractivity contribution in [2.75, 3.05) is 27.4 Å². The van der Waals surface area contributed by atoms with Gasteiger partial charge in [-0.1, -0.05) is 54.6 Å². The fourth-order valence-corrected chi connectivity index (χ4v) is 4.71. The minimum atomic E-state index is -0.149. The number of nitrogens with zero attached hydrogens (tertiary/aromatic N) is 3. The van der Waals surface area contributed by atoms with Crippen LogP contribution in [0.25, 0.3) is 21.9 Å². The van der Waals surface area contributed by atoms with Gasteiger partial charge in [-0.25, -0.2) is 9.78 Å². The molecule has 2 heterocycles. The molecule has 0 spiro atoms. The molecule has 5 rings (SSSR count). The van der Waals surface area contributed by atoms with Gasteiger partial charge in [0.05, 0.1) is 13.4 Å². The highest BCUT2D eigenvalue weighted by atomic mass is 16.5. The lowest BCUT2D eigenvalue weighted by atomic mass is 10.00. The monoisotopic (exact) mass is 508 g/mol. The van der Waals surface area contributed by atoms with E-state index in [4.69, 9.17) is 9.47 Å². The standard InChI is InChI=1S/C31H32N4O3/c1-37-16-6-15-33-31(36)35-21-25(30-10-5-8-24-7-3-4-9-29(24)30)17-26(35)18-27-19-32-22-34(27)20-23-11-13-28(38-2)14-12-23/h3-5,7-14,17,19,21-22H,6,15-16,18,20H2,1-2H3,(H,33,36). The Morgan fingerprint density at radius 1 is 0.974 bits per heavy atom. The van der Waals surface area contributed by atoms with Gasteiger partial charge in [0.2, 0.25) is 0 Å². The van der Waals surface area contributed by atoms with Gasteiger partial charge in [-0.3, -0.25) is 4.57 Å². The topological polar surface area (TPSA) is 70.3 Å². The van der Waals surface area contributed by atoms with Crippen LogP contribution in [0.4, 0.5) is 4.79 Å². The van der Waals surface area contributed by atoms with E-state index in [2.05, 4.69) is 63.4 Å². The fraction of sp³-hybridized carbons (Fsp3) is 0.226. The molecule has 1 N–H and O–H groups in total. The second kappa shape index (κ2) is 11.8. The van der Waals surface area contributed by atoms with Gasteiger partial charge in [0.15, 0.2) is 0 Å². The van der Waals surface area contributed by atoms with Crippen molar-refractivity contribution in [1.29, 1.82) is 0 Å². The predicted molar refractivity (Wildman–Crippen MR) is 150 cm³/mol. The molecule has 0 aliphatic carbocycles. The van der Waals surface area contributed by atoms with Crippen molar-refractivity contribution in [3.63, 3.8) is 0 Å². The van der Waals surface area contributed by atoms with Crippen LogP contribution in [0, 0.1) is 0 Å². The Kier molecular flexibility index (Phi) is 7.85. The quantitative estimate of drug-likeness (QED) is 0.244. The number of benzene rings is 3. The summed E-state index contributed by atoms with van der Waals surface area (Å²) in [5.41, 5.74) is 5.17. The van der Waals surface area contributed by atoms with Crippen LogP contribution in [0.3, 0.4) is 0 Å². The molecule has 0 bridgehead atoms. The van der Waals surface area contributed by atoms with E-state index in [1.54, 1.807) is 18.8 Å². The SMILES string of the molecule is COCCCNC(=O)n1cc(-c2cccc3ccccc23)cc1Cc1cncn1Cc1ccc(OC)cc1. The number of rotatable bonds is 10. The van der Waals surface area contributed by atoms with Crippen molar-refractivity contribution < 1.29 is 14.3 Å². The van der Waals surface area contributed by atoms with Crippen molar-refractivity contribution in [2.45, 2.75) is 19.4 Å². The van der Waals surface area contributed by atoms with Crippen LogP contribution in [-0.2, 0) is 17.7 Å². The molecule has 7 heteroatoms. The molecule has 0 unspecified atom stereocenters. The number of carbonyl (C=O) groups excluding carboxylic acids is 1. The minimum Gasteiger partial charge on any atom is -0.497 e. The zero-order chi connectivity index (χ0) is 26.3. The summed E-state index contributed by atoms with van der Waals surface area (Å²) in [6.07, 6.45) is 6.96. The summed E-state index contributed by atoms with van der Waals surface area (Å²) in [6, 6.07) is 24.6. The molecule has 0 atom stereocenters. The third kappa shape index (κ3) is 5.63. The molecule has 3 aromatic carbocycles. The van der Waals surface area contributed by atoms with Crippen molar-refractivity contribution in [3.8, 4) is 16.9 Å². The van der Waals surface area contributed by atoms with Gasteiger partial charge in [-0.15, -0.1) is 0 Å². The summed E-state index contributed by atoms with van der Waals surface area (Å²) in [6.45, 7) is 1.83. The summed E-state index contributed by atoms with van der Waals surface area (Å²) in [5, 5.41) is 5.35. The Morgan fingerprint density at radius 3 is 2.61 bits per heavy atom. The number of imidazole rings is 1. The second-order valence-electron chi connectivity index (χ2n) is 9.23. The average Bonchev–Trinajstić information content (AvgIpc) is 3.58. The summed E-state index contributed by atoms with van der Waals surface area (Å²) in [4.78, 5) is 17.7. The van der Waals surface area contributed by atoms with Gasteiger partial charge < -0.3 is 19.4 Å². The first-order chi connectivity index (χ1) is 18.7. The Labute approximate surface area is 222 Å². The average molecular weight is 509 g/mol. The summed E-state index contributed by atoms with van der Waals surface area (Å²) < 4.78 is 14.3. The Bertz CT molecular complexity index is 1510. The number of ether oxygens (including phenoxy) is 2. The zero-order valence-corrected chi connectivity index (χ0v) is 21.8. The van der Waals surface area contributed by atoms with Crippen molar-refractivity contribution in [3.05, 3.63) is 108 Å². The highest BCUT2D eigenvalue weighted by molar-refractivity contribution is 5.97. The van der Waals surface area contributed by atoms with Gasteiger partial charge in [-0.05, 0) is 46.5 Å². The van der Waals surface area contributed by atoms with E-state index in [9.17, 15) is 4.79 Å². The number of fused-ring (bicyclic) bond motifs is 1. The molecular weight excluding hydrogens is 476 g/mol. The summed E-state index contributed by atoms with van der Waals surface area (Å²) in [7, 11) is 3.33. The van der Waals surface area contributed by atoms with Crippen LogP contribution in [0.15, 0.2) is 91.5 Å². The molecular formula is C31H32N4O3. The first-order valence-electron chi connectivity index (χ1n) is 12.7. The first-order valence-corrected chi connectivity index (χ1v) is 12.7. The molecule has 0 radical (unpaired) electrons. The van der Waals surface area contributed by atoms with Crippen LogP contribution in [0.2, 0.25) is 0 Å². The lowest BCUT2D eigenvalue weighted by molar-refractivity contribution is 0.193. The minimum absolute atomic E-state index is 0.149. The van der Waals surface area contributed by atoms with Crippen molar-refractivity contribution in [2.24, 2.45) is 0 Å². The molecule has 1 amide bonds. The van der Waals surface area contributed by atoms with Crippen LogP contribution >= 0.6 is 0 Å². The van der Waals surface area contributed by atoms with E-state index in [1.165, 1.54) is 5.39 Å². The Morgan fingerprint density at radius 2 is 1.79 bits per heavy atom. The highest BCUT2D eigenvalue weighted by Gasteiger charge is 2.17. The second-order valence-corrected chi connectivity index (χ2v) is 9.23. The lowest BCUT2D eigenvalue weighted by Gasteiger charge is -2.12. The number of nitrogens with one attached hydrogen (secondary N) is 1. The molecule has 38 heavy (non-hydrogen) atoms. The largest absolute Gasteiger partial charge is 0.497 e. The Balaban J connectivity index is 1.46.